The largest absolute Gasteiger partial charge is 0.391 e. The van der Waals surface area contributed by atoms with E-state index in [2.05, 4.69) is 31.2 Å². The Hall–Kier alpha value is -0.580. The van der Waals surface area contributed by atoms with Crippen LogP contribution >= 0.6 is 11.6 Å². The lowest BCUT2D eigenvalue weighted by molar-refractivity contribution is 0.159. The number of aliphatic hydroxyl groups is 1. The first kappa shape index (κ1) is 14.5. The van der Waals surface area contributed by atoms with Crippen LogP contribution < -0.4 is 5.32 Å². The average molecular weight is 260 g/mol. The highest BCUT2D eigenvalue weighted by atomic mass is 35.5. The Bertz CT molecular complexity index is 382. The van der Waals surface area contributed by atoms with Gasteiger partial charge in [-0.15, -0.1) is 0 Å². The van der Waals surface area contributed by atoms with Crippen molar-refractivity contribution in [3.63, 3.8) is 0 Å². The van der Waals surface area contributed by atoms with E-state index in [-0.39, 0.29) is 5.54 Å². The number of hydrogen-bond acceptors (Lipinski definition) is 3. The Balaban J connectivity index is 2.59. The fraction of sp³-hybridized carbons (Fsp3) is 0.750. The van der Waals surface area contributed by atoms with Crippen LogP contribution in [-0.4, -0.2) is 33.1 Å². The van der Waals surface area contributed by atoms with Crippen molar-refractivity contribution in [3.8, 4) is 0 Å². The molecule has 1 unspecified atom stereocenters. The minimum Gasteiger partial charge on any atom is -0.391 e. The number of aryl methyl sites for hydroxylation is 2. The Labute approximate surface area is 108 Å². The van der Waals surface area contributed by atoms with Crippen LogP contribution in [0.3, 0.4) is 0 Å². The van der Waals surface area contributed by atoms with Gasteiger partial charge in [-0.3, -0.25) is 4.68 Å². The summed E-state index contributed by atoms with van der Waals surface area (Å²) in [6, 6.07) is 0. The van der Waals surface area contributed by atoms with Crippen molar-refractivity contribution in [1.29, 1.82) is 0 Å². The van der Waals surface area contributed by atoms with Gasteiger partial charge in [0, 0.05) is 25.6 Å². The molecule has 98 valence electrons. The molecule has 2 N–H and O–H groups in total. The van der Waals surface area contributed by atoms with E-state index in [9.17, 15) is 5.11 Å². The Morgan fingerprint density at radius 1 is 1.47 bits per heavy atom. The van der Waals surface area contributed by atoms with Crippen molar-refractivity contribution >= 4 is 11.6 Å². The summed E-state index contributed by atoms with van der Waals surface area (Å²) in [4.78, 5) is 0. The fourth-order valence-electron chi connectivity index (χ4n) is 1.62. The molecule has 1 aromatic rings. The summed E-state index contributed by atoms with van der Waals surface area (Å²) in [7, 11) is 1.85. The van der Waals surface area contributed by atoms with Gasteiger partial charge < -0.3 is 10.4 Å². The number of nitrogens with one attached hydrogen (secondary N) is 1. The Morgan fingerprint density at radius 3 is 2.47 bits per heavy atom. The third-order valence-electron chi connectivity index (χ3n) is 2.56. The second kappa shape index (κ2) is 5.38. The van der Waals surface area contributed by atoms with Gasteiger partial charge in [-0.05, 0) is 27.7 Å². The van der Waals surface area contributed by atoms with Gasteiger partial charge in [0.15, 0.2) is 0 Å². The van der Waals surface area contributed by atoms with E-state index in [1.807, 2.05) is 14.0 Å². The summed E-state index contributed by atoms with van der Waals surface area (Å²) in [5.74, 6) is 0. The predicted molar refractivity (Wildman–Crippen MR) is 70.4 cm³/mol. The van der Waals surface area contributed by atoms with Crippen LogP contribution in [0.2, 0.25) is 5.02 Å². The maximum absolute atomic E-state index is 9.96. The van der Waals surface area contributed by atoms with E-state index in [1.165, 1.54) is 0 Å². The maximum Gasteiger partial charge on any atom is 0.0847 e. The number of nitrogens with zero attached hydrogens (tertiary/aromatic N) is 2. The van der Waals surface area contributed by atoms with E-state index >= 15 is 0 Å². The molecule has 5 heteroatoms. The quantitative estimate of drug-likeness (QED) is 0.865. The monoisotopic (exact) mass is 259 g/mol. The second-order valence-corrected chi connectivity index (χ2v) is 5.84. The molecule has 0 aliphatic heterocycles. The summed E-state index contributed by atoms with van der Waals surface area (Å²) in [6.45, 7) is 8.62. The third kappa shape index (κ3) is 4.30. The number of halogens is 1. The zero-order chi connectivity index (χ0) is 13.2. The molecule has 4 nitrogen and oxygen atoms in total. The second-order valence-electron chi connectivity index (χ2n) is 5.46. The first-order chi connectivity index (χ1) is 7.70. The van der Waals surface area contributed by atoms with Crippen molar-refractivity contribution in [3.05, 3.63) is 16.4 Å². The predicted octanol–water partition coefficient (Wildman–Crippen LogP) is 1.67. The Kier molecular flexibility index (Phi) is 4.58. The van der Waals surface area contributed by atoms with E-state index in [0.29, 0.717) is 18.0 Å². The van der Waals surface area contributed by atoms with Gasteiger partial charge >= 0.3 is 0 Å². The minimum absolute atomic E-state index is 0.00709. The van der Waals surface area contributed by atoms with Crippen molar-refractivity contribution in [2.24, 2.45) is 7.05 Å². The molecule has 0 radical (unpaired) electrons. The van der Waals surface area contributed by atoms with Crippen LogP contribution in [0.5, 0.6) is 0 Å². The first-order valence-electron chi connectivity index (χ1n) is 5.82. The van der Waals surface area contributed by atoms with E-state index in [4.69, 9.17) is 11.6 Å². The number of β-amino-alcohol motifs (C(OH)–C–C–N with tert-alkyl or cyclic N) is 1. The van der Waals surface area contributed by atoms with Gasteiger partial charge in [0.05, 0.1) is 22.5 Å². The molecular formula is C12H22ClN3O. The fourth-order valence-corrected chi connectivity index (χ4v) is 1.86. The first-order valence-corrected chi connectivity index (χ1v) is 6.19. The SMILES string of the molecule is Cc1nn(C)c(CC(O)CNC(C)(C)C)c1Cl. The zero-order valence-corrected chi connectivity index (χ0v) is 12.0. The van der Waals surface area contributed by atoms with Crippen LogP contribution in [-0.2, 0) is 13.5 Å². The lowest BCUT2D eigenvalue weighted by Crippen LogP contribution is -2.41. The standard InChI is InChI=1S/C12H22ClN3O/c1-8-11(13)10(16(5)15-8)6-9(17)7-14-12(2,3)4/h9,14,17H,6-7H2,1-5H3. The summed E-state index contributed by atoms with van der Waals surface area (Å²) in [5.41, 5.74) is 1.69. The molecule has 0 saturated heterocycles. The van der Waals surface area contributed by atoms with E-state index < -0.39 is 6.10 Å². The molecule has 0 bridgehead atoms. The molecule has 0 saturated carbocycles. The summed E-state index contributed by atoms with van der Waals surface area (Å²) >= 11 is 6.13. The normalized spacial score (nSPS) is 14.1. The molecule has 0 aliphatic carbocycles. The number of aromatic nitrogens is 2. The van der Waals surface area contributed by atoms with Crippen LogP contribution in [0.15, 0.2) is 0 Å². The van der Waals surface area contributed by atoms with Gasteiger partial charge in [0.2, 0.25) is 0 Å². The number of hydrogen-bond donors (Lipinski definition) is 2. The molecule has 1 rings (SSSR count). The van der Waals surface area contributed by atoms with Crippen molar-refractivity contribution < 1.29 is 5.11 Å². The van der Waals surface area contributed by atoms with E-state index in [1.54, 1.807) is 4.68 Å². The molecular weight excluding hydrogens is 238 g/mol. The lowest BCUT2D eigenvalue weighted by atomic mass is 10.1. The topological polar surface area (TPSA) is 50.1 Å². The van der Waals surface area contributed by atoms with Gasteiger partial charge in [0.25, 0.3) is 0 Å². The van der Waals surface area contributed by atoms with Crippen LogP contribution in [0, 0.1) is 6.92 Å². The van der Waals surface area contributed by atoms with Crippen molar-refractivity contribution in [2.75, 3.05) is 6.54 Å². The molecule has 17 heavy (non-hydrogen) atoms. The lowest BCUT2D eigenvalue weighted by Gasteiger charge is -2.22. The summed E-state index contributed by atoms with van der Waals surface area (Å²) in [6.07, 6.45) is 0.0562. The molecule has 1 atom stereocenters. The zero-order valence-electron chi connectivity index (χ0n) is 11.2. The smallest absolute Gasteiger partial charge is 0.0847 e. The molecule has 0 amide bonds. The number of aliphatic hydroxyl groups excluding tert-OH is 1. The Morgan fingerprint density at radius 2 is 2.06 bits per heavy atom. The third-order valence-corrected chi connectivity index (χ3v) is 3.05. The highest BCUT2D eigenvalue weighted by molar-refractivity contribution is 6.31. The highest BCUT2D eigenvalue weighted by Gasteiger charge is 2.17. The summed E-state index contributed by atoms with van der Waals surface area (Å²) in [5, 5.41) is 18.1. The highest BCUT2D eigenvalue weighted by Crippen LogP contribution is 2.20. The molecule has 0 aliphatic rings. The van der Waals surface area contributed by atoms with Gasteiger partial charge in [0.1, 0.15) is 0 Å². The minimum atomic E-state index is -0.457. The number of rotatable bonds is 4. The van der Waals surface area contributed by atoms with Crippen molar-refractivity contribution in [2.45, 2.75) is 45.8 Å². The van der Waals surface area contributed by atoms with Crippen LogP contribution in [0.25, 0.3) is 0 Å². The van der Waals surface area contributed by atoms with Crippen LogP contribution in [0.1, 0.15) is 32.2 Å². The molecule has 1 aromatic heterocycles. The van der Waals surface area contributed by atoms with Gasteiger partial charge in [-0.25, -0.2) is 0 Å². The van der Waals surface area contributed by atoms with Gasteiger partial charge in [-0.1, -0.05) is 11.6 Å². The van der Waals surface area contributed by atoms with Crippen molar-refractivity contribution in [1.82, 2.24) is 15.1 Å². The maximum atomic E-state index is 9.96. The van der Waals surface area contributed by atoms with Crippen LogP contribution in [0.4, 0.5) is 0 Å². The molecule has 0 aromatic carbocycles. The van der Waals surface area contributed by atoms with Gasteiger partial charge in [-0.2, -0.15) is 5.10 Å². The summed E-state index contributed by atoms with van der Waals surface area (Å²) < 4.78 is 1.73. The average Bonchev–Trinajstić information content (AvgIpc) is 2.41. The molecule has 0 spiro atoms. The molecule has 1 heterocycles. The molecule has 0 fully saturated rings. The van der Waals surface area contributed by atoms with E-state index in [0.717, 1.165) is 11.4 Å².